The average molecular weight is 260 g/mol. The molecule has 0 saturated carbocycles. The van der Waals surface area contributed by atoms with Crippen LogP contribution in [0.1, 0.15) is 19.8 Å². The molecule has 4 nitrogen and oxygen atoms in total. The number of hydrogen-bond acceptors (Lipinski definition) is 4. The number of rotatable bonds is 3. The van der Waals surface area contributed by atoms with Crippen LogP contribution in [-0.2, 0) is 4.74 Å². The lowest BCUT2D eigenvalue weighted by molar-refractivity contribution is 0.0457. The van der Waals surface area contributed by atoms with Crippen molar-refractivity contribution in [2.24, 2.45) is 0 Å². The van der Waals surface area contributed by atoms with E-state index in [4.69, 9.17) is 16.3 Å². The molecule has 0 bridgehead atoms. The lowest BCUT2D eigenvalue weighted by Gasteiger charge is -2.32. The summed E-state index contributed by atoms with van der Waals surface area (Å²) in [6, 6.07) is 0. The van der Waals surface area contributed by atoms with E-state index >= 15 is 0 Å². The molecule has 0 N–H and O–H groups in total. The second-order valence-electron chi connectivity index (χ2n) is 3.95. The molecule has 1 aliphatic heterocycles. The molecule has 2 rings (SSSR count). The molecule has 0 radical (unpaired) electrons. The maximum absolute atomic E-state index is 13.5. The van der Waals surface area contributed by atoms with Gasteiger partial charge < -0.3 is 9.64 Å². The van der Waals surface area contributed by atoms with Crippen LogP contribution in [0.3, 0.4) is 0 Å². The molecule has 1 saturated heterocycles. The highest BCUT2D eigenvalue weighted by Gasteiger charge is 2.22. The molecular weight excluding hydrogens is 245 g/mol. The predicted molar refractivity (Wildman–Crippen MR) is 63.9 cm³/mol. The Labute approximate surface area is 105 Å². The number of ether oxygens (including phenoxy) is 1. The van der Waals surface area contributed by atoms with Crippen LogP contribution in [0.5, 0.6) is 0 Å². The Bertz CT molecular complexity index is 383. The highest BCUT2D eigenvalue weighted by atomic mass is 35.5. The van der Waals surface area contributed by atoms with Crippen molar-refractivity contribution in [2.45, 2.75) is 25.9 Å². The van der Waals surface area contributed by atoms with Crippen LogP contribution in [-0.4, -0.2) is 35.8 Å². The van der Waals surface area contributed by atoms with Crippen molar-refractivity contribution < 1.29 is 9.13 Å². The average Bonchev–Trinajstić information content (AvgIpc) is 2.34. The van der Waals surface area contributed by atoms with Gasteiger partial charge in [-0.3, -0.25) is 0 Å². The molecule has 1 aromatic rings. The first kappa shape index (κ1) is 12.5. The van der Waals surface area contributed by atoms with E-state index in [1.54, 1.807) is 0 Å². The van der Waals surface area contributed by atoms with Gasteiger partial charge in [-0.1, -0.05) is 0 Å². The van der Waals surface area contributed by atoms with E-state index in [0.29, 0.717) is 5.82 Å². The van der Waals surface area contributed by atoms with Crippen LogP contribution < -0.4 is 4.90 Å². The summed E-state index contributed by atoms with van der Waals surface area (Å²) in [4.78, 5) is 9.43. The van der Waals surface area contributed by atoms with Gasteiger partial charge in [0.25, 0.3) is 0 Å². The summed E-state index contributed by atoms with van der Waals surface area (Å²) < 4.78 is 19.1. The highest BCUT2D eigenvalue weighted by Crippen LogP contribution is 2.22. The van der Waals surface area contributed by atoms with Crippen LogP contribution in [0.15, 0.2) is 6.20 Å². The lowest BCUT2D eigenvalue weighted by Crippen LogP contribution is -2.38. The fraction of sp³-hybridized carbons (Fsp3) is 0.636. The minimum absolute atomic E-state index is 0.0772. The molecule has 0 spiro atoms. The minimum atomic E-state index is -0.427. The lowest BCUT2D eigenvalue weighted by atomic mass is 10.1. The van der Waals surface area contributed by atoms with Crippen molar-refractivity contribution in [1.82, 2.24) is 9.97 Å². The number of aromatic nitrogens is 2. The Morgan fingerprint density at radius 1 is 1.53 bits per heavy atom. The third kappa shape index (κ3) is 3.04. The molecule has 17 heavy (non-hydrogen) atoms. The number of halogens is 2. The second kappa shape index (κ2) is 5.60. The standard InChI is InChI=1S/C11H15ClFN3O/c1-2-17-8-3-5-16(6-4-8)10-9(13)7-14-11(12)15-10/h7-8H,2-6H2,1H3. The highest BCUT2D eigenvalue weighted by molar-refractivity contribution is 6.28. The van der Waals surface area contributed by atoms with Gasteiger partial charge in [0.05, 0.1) is 12.3 Å². The van der Waals surface area contributed by atoms with Crippen LogP contribution in [0.25, 0.3) is 0 Å². The van der Waals surface area contributed by atoms with Crippen molar-refractivity contribution in [3.8, 4) is 0 Å². The molecule has 1 fully saturated rings. The van der Waals surface area contributed by atoms with Crippen LogP contribution >= 0.6 is 11.6 Å². The molecule has 0 unspecified atom stereocenters. The van der Waals surface area contributed by atoms with Crippen molar-refractivity contribution in [2.75, 3.05) is 24.6 Å². The van der Waals surface area contributed by atoms with Gasteiger partial charge in [0, 0.05) is 19.7 Å². The molecule has 0 aromatic carbocycles. The summed E-state index contributed by atoms with van der Waals surface area (Å²) in [5.41, 5.74) is 0. The monoisotopic (exact) mass is 259 g/mol. The van der Waals surface area contributed by atoms with Crippen LogP contribution in [0, 0.1) is 5.82 Å². The molecule has 2 heterocycles. The normalized spacial score (nSPS) is 17.5. The summed E-state index contributed by atoms with van der Waals surface area (Å²) in [5.74, 6) is -0.135. The van der Waals surface area contributed by atoms with E-state index in [1.807, 2.05) is 11.8 Å². The minimum Gasteiger partial charge on any atom is -0.378 e. The molecular formula is C11H15ClFN3O. The predicted octanol–water partition coefficient (Wildman–Crippen LogP) is 2.27. The van der Waals surface area contributed by atoms with Gasteiger partial charge in [-0.2, -0.15) is 4.98 Å². The zero-order valence-electron chi connectivity index (χ0n) is 9.70. The van der Waals surface area contributed by atoms with Gasteiger partial charge in [-0.15, -0.1) is 0 Å². The number of hydrogen-bond donors (Lipinski definition) is 0. The topological polar surface area (TPSA) is 38.2 Å². The molecule has 0 atom stereocenters. The summed E-state index contributed by atoms with van der Waals surface area (Å²) in [5, 5.41) is 0.0772. The Balaban J connectivity index is 2.02. The maximum Gasteiger partial charge on any atom is 0.224 e. The van der Waals surface area contributed by atoms with Crippen LogP contribution in [0.2, 0.25) is 5.28 Å². The van der Waals surface area contributed by atoms with E-state index in [9.17, 15) is 4.39 Å². The maximum atomic E-state index is 13.5. The van der Waals surface area contributed by atoms with Crippen LogP contribution in [0.4, 0.5) is 10.2 Å². The Morgan fingerprint density at radius 2 is 2.24 bits per heavy atom. The van der Waals surface area contributed by atoms with E-state index in [1.165, 1.54) is 0 Å². The fourth-order valence-electron chi connectivity index (χ4n) is 2.03. The largest absolute Gasteiger partial charge is 0.378 e. The summed E-state index contributed by atoms with van der Waals surface area (Å²) >= 11 is 5.67. The summed E-state index contributed by atoms with van der Waals surface area (Å²) in [7, 11) is 0. The van der Waals surface area contributed by atoms with Gasteiger partial charge in [0.15, 0.2) is 11.6 Å². The van der Waals surface area contributed by atoms with E-state index in [0.717, 1.165) is 38.7 Å². The SMILES string of the molecule is CCOC1CCN(c2nc(Cl)ncc2F)CC1. The Kier molecular flexibility index (Phi) is 4.12. The quantitative estimate of drug-likeness (QED) is 0.781. The number of piperidine rings is 1. The summed E-state index contributed by atoms with van der Waals surface area (Å²) in [6.45, 7) is 4.17. The van der Waals surface area contributed by atoms with Gasteiger partial charge in [0.2, 0.25) is 5.28 Å². The molecule has 1 aliphatic rings. The second-order valence-corrected chi connectivity index (χ2v) is 4.29. The fourth-order valence-corrected chi connectivity index (χ4v) is 2.16. The number of anilines is 1. The van der Waals surface area contributed by atoms with E-state index in [-0.39, 0.29) is 11.4 Å². The first-order chi connectivity index (χ1) is 8.20. The zero-order chi connectivity index (χ0) is 12.3. The smallest absolute Gasteiger partial charge is 0.224 e. The first-order valence-corrected chi connectivity index (χ1v) is 6.13. The summed E-state index contributed by atoms with van der Waals surface area (Å²) in [6.07, 6.45) is 3.15. The third-order valence-corrected chi connectivity index (χ3v) is 3.02. The van der Waals surface area contributed by atoms with Crippen molar-refractivity contribution in [3.63, 3.8) is 0 Å². The molecule has 0 amide bonds. The van der Waals surface area contributed by atoms with E-state index in [2.05, 4.69) is 9.97 Å². The molecule has 0 aliphatic carbocycles. The van der Waals surface area contributed by atoms with Gasteiger partial charge >= 0.3 is 0 Å². The van der Waals surface area contributed by atoms with Crippen molar-refractivity contribution >= 4 is 17.4 Å². The molecule has 6 heteroatoms. The Morgan fingerprint density at radius 3 is 2.88 bits per heavy atom. The van der Waals surface area contributed by atoms with Crippen molar-refractivity contribution in [3.05, 3.63) is 17.3 Å². The van der Waals surface area contributed by atoms with Gasteiger partial charge in [0.1, 0.15) is 0 Å². The molecule has 94 valence electrons. The van der Waals surface area contributed by atoms with Crippen molar-refractivity contribution in [1.29, 1.82) is 0 Å². The first-order valence-electron chi connectivity index (χ1n) is 5.75. The van der Waals surface area contributed by atoms with Gasteiger partial charge in [-0.25, -0.2) is 9.37 Å². The number of nitrogens with zero attached hydrogens (tertiary/aromatic N) is 3. The molecule has 1 aromatic heterocycles. The third-order valence-electron chi connectivity index (χ3n) is 2.84. The Hall–Kier alpha value is -0.940. The zero-order valence-corrected chi connectivity index (χ0v) is 10.5. The van der Waals surface area contributed by atoms with Gasteiger partial charge in [-0.05, 0) is 31.4 Å². The van der Waals surface area contributed by atoms with E-state index < -0.39 is 5.82 Å².